The molecule has 1 N–H and O–H groups in total. The molecule has 0 aromatic heterocycles. The van der Waals surface area contributed by atoms with Gasteiger partial charge in [0.05, 0.1) is 12.7 Å². The Balaban J connectivity index is 1.43. The van der Waals surface area contributed by atoms with Crippen molar-refractivity contribution >= 4 is 5.96 Å². The number of aliphatic imine (C=N–C) groups is 1. The van der Waals surface area contributed by atoms with Gasteiger partial charge in [-0.2, -0.15) is 0 Å². The molecule has 138 valence electrons. The van der Waals surface area contributed by atoms with Crippen molar-refractivity contribution in [2.45, 2.75) is 56.8 Å². The van der Waals surface area contributed by atoms with Crippen LogP contribution >= 0.6 is 0 Å². The Morgan fingerprint density at radius 3 is 2.62 bits per heavy atom. The van der Waals surface area contributed by atoms with Gasteiger partial charge in [0.25, 0.3) is 0 Å². The molecule has 2 unspecified atom stereocenters. The van der Waals surface area contributed by atoms with Gasteiger partial charge in [0, 0.05) is 45.9 Å². The predicted octanol–water partition coefficient (Wildman–Crippen LogP) is 1.32. The van der Waals surface area contributed by atoms with Crippen LogP contribution in [0.3, 0.4) is 0 Å². The van der Waals surface area contributed by atoms with E-state index in [0.29, 0.717) is 0 Å². The van der Waals surface area contributed by atoms with Crippen LogP contribution in [0.15, 0.2) is 4.99 Å². The molecule has 0 aromatic rings. The van der Waals surface area contributed by atoms with Crippen LogP contribution in [0.5, 0.6) is 0 Å². The molecule has 6 heteroatoms. The zero-order chi connectivity index (χ0) is 16.8. The third-order valence-corrected chi connectivity index (χ3v) is 5.68. The highest BCUT2D eigenvalue weighted by atomic mass is 16.5. The Kier molecular flexibility index (Phi) is 6.75. The van der Waals surface area contributed by atoms with Crippen LogP contribution in [0, 0.1) is 0 Å². The Morgan fingerprint density at radius 2 is 1.92 bits per heavy atom. The van der Waals surface area contributed by atoms with Gasteiger partial charge in [-0.15, -0.1) is 0 Å². The zero-order valence-electron chi connectivity index (χ0n) is 15.4. The molecule has 1 saturated carbocycles. The van der Waals surface area contributed by atoms with Crippen molar-refractivity contribution in [3.05, 3.63) is 0 Å². The third-order valence-electron chi connectivity index (χ3n) is 5.68. The second-order valence-electron chi connectivity index (χ2n) is 7.30. The molecule has 3 rings (SSSR count). The third kappa shape index (κ3) is 4.61. The molecule has 0 radical (unpaired) electrons. The first-order valence-electron chi connectivity index (χ1n) is 9.67. The van der Waals surface area contributed by atoms with Crippen molar-refractivity contribution in [1.29, 1.82) is 0 Å². The fourth-order valence-corrected chi connectivity index (χ4v) is 4.19. The Morgan fingerprint density at radius 1 is 1.12 bits per heavy atom. The van der Waals surface area contributed by atoms with Gasteiger partial charge in [-0.25, -0.2) is 0 Å². The lowest BCUT2D eigenvalue weighted by atomic mass is 10.1. The van der Waals surface area contributed by atoms with Crippen molar-refractivity contribution in [1.82, 2.24) is 15.1 Å². The molecule has 3 fully saturated rings. The maximum atomic E-state index is 5.94. The van der Waals surface area contributed by atoms with Crippen molar-refractivity contribution in [3.8, 4) is 0 Å². The normalized spacial score (nSPS) is 29.6. The topological polar surface area (TPSA) is 49.3 Å². The molecule has 0 spiro atoms. The number of nitrogens with zero attached hydrogens (tertiary/aromatic N) is 3. The van der Waals surface area contributed by atoms with Crippen molar-refractivity contribution in [2.75, 3.05) is 53.5 Å². The molecule has 0 aromatic carbocycles. The van der Waals surface area contributed by atoms with E-state index >= 15 is 0 Å². The first kappa shape index (κ1) is 18.0. The van der Waals surface area contributed by atoms with E-state index in [-0.39, 0.29) is 12.2 Å². The Hall–Kier alpha value is -0.850. The van der Waals surface area contributed by atoms with E-state index < -0.39 is 0 Å². The van der Waals surface area contributed by atoms with Crippen molar-refractivity contribution < 1.29 is 9.47 Å². The van der Waals surface area contributed by atoms with E-state index in [1.54, 1.807) is 0 Å². The van der Waals surface area contributed by atoms with E-state index in [4.69, 9.17) is 9.47 Å². The molecular formula is C18H34N4O2. The second-order valence-corrected chi connectivity index (χ2v) is 7.30. The molecule has 3 aliphatic rings. The van der Waals surface area contributed by atoms with Crippen LogP contribution in [0.2, 0.25) is 0 Å². The maximum absolute atomic E-state index is 5.94. The van der Waals surface area contributed by atoms with Gasteiger partial charge in [0.15, 0.2) is 5.96 Å². The van der Waals surface area contributed by atoms with E-state index in [1.165, 1.54) is 25.7 Å². The van der Waals surface area contributed by atoms with E-state index in [2.05, 4.69) is 27.2 Å². The number of likely N-dealkylation sites (N-methyl/N-ethyl adjacent to an activating group) is 1. The van der Waals surface area contributed by atoms with E-state index in [0.717, 1.165) is 64.2 Å². The quantitative estimate of drug-likeness (QED) is 0.605. The summed E-state index contributed by atoms with van der Waals surface area (Å²) in [6.07, 6.45) is 8.22. The lowest BCUT2D eigenvalue weighted by Gasteiger charge is -2.37. The standard InChI is InChI=1S/C18H34N4O2/c1-19-18(20-9-10-21(2)15-6-3-4-7-15)22-11-13-24-17(14-22)16-8-5-12-23-16/h15-17H,3-14H2,1-2H3,(H,19,20). The summed E-state index contributed by atoms with van der Waals surface area (Å²) in [5.74, 6) is 1.00. The van der Waals surface area contributed by atoms with Crippen LogP contribution in [-0.4, -0.2) is 87.5 Å². The Bertz CT molecular complexity index is 406. The summed E-state index contributed by atoms with van der Waals surface area (Å²) in [5.41, 5.74) is 0. The highest BCUT2D eigenvalue weighted by Crippen LogP contribution is 2.22. The highest BCUT2D eigenvalue weighted by Gasteiger charge is 2.32. The molecule has 6 nitrogen and oxygen atoms in total. The molecule has 2 heterocycles. The predicted molar refractivity (Wildman–Crippen MR) is 96.5 cm³/mol. The minimum atomic E-state index is 0.181. The average molecular weight is 338 g/mol. The molecule has 2 aliphatic heterocycles. The molecule has 24 heavy (non-hydrogen) atoms. The molecule has 2 atom stereocenters. The lowest BCUT2D eigenvalue weighted by molar-refractivity contribution is -0.0817. The van der Waals surface area contributed by atoms with Crippen LogP contribution < -0.4 is 5.32 Å². The minimum Gasteiger partial charge on any atom is -0.375 e. The van der Waals surface area contributed by atoms with Gasteiger partial charge in [-0.1, -0.05) is 12.8 Å². The summed E-state index contributed by atoms with van der Waals surface area (Å²) in [6, 6.07) is 0.779. The largest absolute Gasteiger partial charge is 0.375 e. The molecule has 0 bridgehead atoms. The molecular weight excluding hydrogens is 304 g/mol. The smallest absolute Gasteiger partial charge is 0.193 e. The molecule has 0 amide bonds. The van der Waals surface area contributed by atoms with Crippen molar-refractivity contribution in [2.24, 2.45) is 4.99 Å². The van der Waals surface area contributed by atoms with Gasteiger partial charge in [0.1, 0.15) is 6.10 Å². The van der Waals surface area contributed by atoms with Gasteiger partial charge in [-0.05, 0) is 32.7 Å². The number of nitrogens with one attached hydrogen (secondary N) is 1. The van der Waals surface area contributed by atoms with Crippen LogP contribution in [0.4, 0.5) is 0 Å². The summed E-state index contributed by atoms with van der Waals surface area (Å²) in [4.78, 5) is 9.31. The number of hydrogen-bond donors (Lipinski definition) is 1. The molecule has 2 saturated heterocycles. The fourth-order valence-electron chi connectivity index (χ4n) is 4.19. The summed E-state index contributed by atoms with van der Waals surface area (Å²) >= 11 is 0. The van der Waals surface area contributed by atoms with Gasteiger partial charge < -0.3 is 24.6 Å². The first-order valence-corrected chi connectivity index (χ1v) is 9.67. The minimum absolute atomic E-state index is 0.181. The van der Waals surface area contributed by atoms with Gasteiger partial charge in [-0.3, -0.25) is 4.99 Å². The number of ether oxygens (including phenoxy) is 2. The summed E-state index contributed by atoms with van der Waals surface area (Å²) in [5, 5.41) is 3.54. The maximum Gasteiger partial charge on any atom is 0.193 e. The van der Waals surface area contributed by atoms with Gasteiger partial charge in [0.2, 0.25) is 0 Å². The first-order chi connectivity index (χ1) is 11.8. The van der Waals surface area contributed by atoms with Gasteiger partial charge >= 0.3 is 0 Å². The second kappa shape index (κ2) is 9.02. The highest BCUT2D eigenvalue weighted by molar-refractivity contribution is 5.80. The average Bonchev–Trinajstić information content (AvgIpc) is 3.32. The number of hydrogen-bond acceptors (Lipinski definition) is 4. The number of guanidine groups is 1. The fraction of sp³-hybridized carbons (Fsp3) is 0.944. The lowest BCUT2D eigenvalue weighted by Crippen LogP contribution is -2.54. The summed E-state index contributed by atoms with van der Waals surface area (Å²) in [6.45, 7) is 5.44. The number of morpholine rings is 1. The van der Waals surface area contributed by atoms with Crippen molar-refractivity contribution in [3.63, 3.8) is 0 Å². The summed E-state index contributed by atoms with van der Waals surface area (Å²) in [7, 11) is 4.13. The van der Waals surface area contributed by atoms with Crippen LogP contribution in [-0.2, 0) is 9.47 Å². The summed E-state index contributed by atoms with van der Waals surface area (Å²) < 4.78 is 11.7. The molecule has 1 aliphatic carbocycles. The van der Waals surface area contributed by atoms with Crippen LogP contribution in [0.25, 0.3) is 0 Å². The SMILES string of the molecule is CN=C(NCCN(C)C1CCCC1)N1CCOC(C2CCCO2)C1. The van der Waals surface area contributed by atoms with Crippen LogP contribution in [0.1, 0.15) is 38.5 Å². The van der Waals surface area contributed by atoms with E-state index in [9.17, 15) is 0 Å². The zero-order valence-corrected chi connectivity index (χ0v) is 15.4. The van der Waals surface area contributed by atoms with E-state index in [1.807, 2.05) is 7.05 Å². The Labute approximate surface area is 146 Å². The number of rotatable bonds is 5. The monoisotopic (exact) mass is 338 g/mol.